The van der Waals surface area contributed by atoms with Crippen LogP contribution in [0.25, 0.3) is 0 Å². The van der Waals surface area contributed by atoms with Gasteiger partial charge in [0.2, 0.25) is 0 Å². The molecule has 2 aliphatic rings. The molecule has 98 valence electrons. The van der Waals surface area contributed by atoms with Crippen molar-refractivity contribution in [1.82, 2.24) is 4.90 Å². The molecule has 18 heavy (non-hydrogen) atoms. The van der Waals surface area contributed by atoms with E-state index < -0.39 is 0 Å². The monoisotopic (exact) mass is 357 g/mol. The summed E-state index contributed by atoms with van der Waals surface area (Å²) in [6.07, 6.45) is 4.95. The van der Waals surface area contributed by atoms with E-state index in [0.29, 0.717) is 5.92 Å². The van der Waals surface area contributed by atoms with Gasteiger partial charge in [0.15, 0.2) is 0 Å². The lowest BCUT2D eigenvalue weighted by molar-refractivity contribution is 0.0408. The molecule has 1 heterocycles. The van der Waals surface area contributed by atoms with E-state index in [1.165, 1.54) is 28.4 Å². The van der Waals surface area contributed by atoms with Crippen molar-refractivity contribution in [2.75, 3.05) is 20.6 Å². The first kappa shape index (κ1) is 12.7. The van der Waals surface area contributed by atoms with Gasteiger partial charge in [0.25, 0.3) is 0 Å². The zero-order valence-electron chi connectivity index (χ0n) is 11.1. The minimum Gasteiger partial charge on any atom is -0.486 e. The summed E-state index contributed by atoms with van der Waals surface area (Å²) in [6, 6.07) is 6.58. The molecule has 3 heteroatoms. The zero-order chi connectivity index (χ0) is 12.8. The molecule has 0 saturated heterocycles. The summed E-state index contributed by atoms with van der Waals surface area (Å²) in [5, 5.41) is 0. The van der Waals surface area contributed by atoms with Crippen molar-refractivity contribution < 1.29 is 4.74 Å². The lowest BCUT2D eigenvalue weighted by atomic mass is 9.86. The number of benzene rings is 1. The number of halogens is 1. The minimum absolute atomic E-state index is 0.0943. The molecule has 1 aliphatic carbocycles. The maximum Gasteiger partial charge on any atom is 0.123 e. The van der Waals surface area contributed by atoms with Crippen LogP contribution >= 0.6 is 22.6 Å². The van der Waals surface area contributed by atoms with Gasteiger partial charge in [0, 0.05) is 22.5 Å². The van der Waals surface area contributed by atoms with E-state index in [1.807, 2.05) is 0 Å². The molecular formula is C15H20INO. The maximum atomic E-state index is 6.39. The Morgan fingerprint density at radius 3 is 3.06 bits per heavy atom. The molecule has 1 aliphatic heterocycles. The highest BCUT2D eigenvalue weighted by Crippen LogP contribution is 2.48. The highest BCUT2D eigenvalue weighted by Gasteiger charge is 2.48. The maximum absolute atomic E-state index is 6.39. The summed E-state index contributed by atoms with van der Waals surface area (Å²) in [4.78, 5) is 2.30. The molecule has 0 aromatic heterocycles. The molecule has 0 bridgehead atoms. The van der Waals surface area contributed by atoms with Crippen LogP contribution in [0.2, 0.25) is 0 Å². The van der Waals surface area contributed by atoms with Crippen LogP contribution in [-0.4, -0.2) is 31.1 Å². The number of fused-ring (bicyclic) bond motifs is 1. The van der Waals surface area contributed by atoms with Crippen LogP contribution in [0.1, 0.15) is 24.8 Å². The van der Waals surface area contributed by atoms with Crippen LogP contribution in [0, 0.1) is 9.49 Å². The van der Waals surface area contributed by atoms with E-state index in [9.17, 15) is 0 Å². The highest BCUT2D eigenvalue weighted by molar-refractivity contribution is 14.1. The van der Waals surface area contributed by atoms with Crippen LogP contribution in [0.5, 0.6) is 5.75 Å². The average molecular weight is 357 g/mol. The second-order valence-corrected chi connectivity index (χ2v) is 7.19. The second-order valence-electron chi connectivity index (χ2n) is 5.95. The first-order valence-electron chi connectivity index (χ1n) is 6.71. The van der Waals surface area contributed by atoms with E-state index in [1.54, 1.807) is 0 Å². The second kappa shape index (κ2) is 4.67. The van der Waals surface area contributed by atoms with Gasteiger partial charge in [-0.3, -0.25) is 0 Å². The predicted molar refractivity (Wildman–Crippen MR) is 82.1 cm³/mol. The Bertz CT molecular complexity index is 460. The summed E-state index contributed by atoms with van der Waals surface area (Å²) in [5.41, 5.74) is 1.50. The standard InChI is InChI=1S/C15H20INO/c1-17(2)10-12-4-3-7-15(12)9-11-8-13(16)5-6-14(11)18-15/h5-6,8,12H,3-4,7,9-10H2,1-2H3/t12-,15+/m1/s1. The fraction of sp³-hybridized carbons (Fsp3) is 0.600. The number of hydrogen-bond acceptors (Lipinski definition) is 2. The van der Waals surface area contributed by atoms with Crippen molar-refractivity contribution in [2.24, 2.45) is 5.92 Å². The smallest absolute Gasteiger partial charge is 0.123 e. The van der Waals surface area contributed by atoms with Gasteiger partial charge in [-0.2, -0.15) is 0 Å². The molecule has 1 spiro atoms. The van der Waals surface area contributed by atoms with Gasteiger partial charge in [-0.25, -0.2) is 0 Å². The van der Waals surface area contributed by atoms with E-state index in [0.717, 1.165) is 18.7 Å². The van der Waals surface area contributed by atoms with Gasteiger partial charge in [-0.1, -0.05) is 0 Å². The Balaban J connectivity index is 1.86. The van der Waals surface area contributed by atoms with Crippen LogP contribution in [0.15, 0.2) is 18.2 Å². The van der Waals surface area contributed by atoms with E-state index >= 15 is 0 Å². The van der Waals surface area contributed by atoms with Gasteiger partial charge in [-0.15, -0.1) is 0 Å². The number of rotatable bonds is 2. The van der Waals surface area contributed by atoms with E-state index in [4.69, 9.17) is 4.74 Å². The Kier molecular flexibility index (Phi) is 3.30. The number of nitrogens with zero attached hydrogens (tertiary/aromatic N) is 1. The summed E-state index contributed by atoms with van der Waals surface area (Å²) in [7, 11) is 4.33. The molecular weight excluding hydrogens is 337 g/mol. The molecule has 0 N–H and O–H groups in total. The Morgan fingerprint density at radius 2 is 2.28 bits per heavy atom. The summed E-state index contributed by atoms with van der Waals surface area (Å²) >= 11 is 2.39. The molecule has 0 radical (unpaired) electrons. The Morgan fingerprint density at radius 1 is 1.44 bits per heavy atom. The molecule has 3 rings (SSSR count). The van der Waals surface area contributed by atoms with Crippen molar-refractivity contribution in [3.63, 3.8) is 0 Å². The zero-order valence-corrected chi connectivity index (χ0v) is 13.2. The average Bonchev–Trinajstić information content (AvgIpc) is 2.83. The highest BCUT2D eigenvalue weighted by atomic mass is 127. The third-order valence-corrected chi connectivity index (χ3v) is 4.98. The molecule has 2 nitrogen and oxygen atoms in total. The summed E-state index contributed by atoms with van der Waals surface area (Å²) in [5.74, 6) is 1.80. The summed E-state index contributed by atoms with van der Waals surface area (Å²) in [6.45, 7) is 1.14. The van der Waals surface area contributed by atoms with Crippen LogP contribution in [-0.2, 0) is 6.42 Å². The SMILES string of the molecule is CN(C)C[C@H]1CCC[C@]12Cc1cc(I)ccc1O2. The van der Waals surface area contributed by atoms with Crippen molar-refractivity contribution in [1.29, 1.82) is 0 Å². The van der Waals surface area contributed by atoms with Gasteiger partial charge in [0.05, 0.1) is 0 Å². The summed E-state index contributed by atoms with van der Waals surface area (Å²) < 4.78 is 7.71. The molecule has 0 unspecified atom stereocenters. The largest absolute Gasteiger partial charge is 0.486 e. The third-order valence-electron chi connectivity index (χ3n) is 4.31. The quantitative estimate of drug-likeness (QED) is 0.753. The lowest BCUT2D eigenvalue weighted by Gasteiger charge is -2.32. The first-order valence-corrected chi connectivity index (χ1v) is 7.79. The number of ether oxygens (including phenoxy) is 1. The normalized spacial score (nSPS) is 29.9. The molecule has 2 atom stereocenters. The van der Waals surface area contributed by atoms with Crippen LogP contribution in [0.4, 0.5) is 0 Å². The fourth-order valence-corrected chi connectivity index (χ4v) is 4.10. The predicted octanol–water partition coefficient (Wildman–Crippen LogP) is 3.33. The van der Waals surface area contributed by atoms with Crippen molar-refractivity contribution >= 4 is 22.6 Å². The van der Waals surface area contributed by atoms with Crippen molar-refractivity contribution in [3.05, 3.63) is 27.3 Å². The van der Waals surface area contributed by atoms with Crippen molar-refractivity contribution in [2.45, 2.75) is 31.3 Å². The van der Waals surface area contributed by atoms with Gasteiger partial charge in [0.1, 0.15) is 11.4 Å². The molecule has 1 aromatic carbocycles. The molecule has 0 amide bonds. The Labute approximate surface area is 123 Å². The fourth-order valence-electron chi connectivity index (χ4n) is 3.54. The third kappa shape index (κ3) is 2.16. The Hall–Kier alpha value is -0.290. The van der Waals surface area contributed by atoms with Crippen molar-refractivity contribution in [3.8, 4) is 5.75 Å². The van der Waals surface area contributed by atoms with Gasteiger partial charge < -0.3 is 9.64 Å². The van der Waals surface area contributed by atoms with E-state index in [2.05, 4.69) is 59.8 Å². The van der Waals surface area contributed by atoms with Crippen LogP contribution in [0.3, 0.4) is 0 Å². The topological polar surface area (TPSA) is 12.5 Å². The lowest BCUT2D eigenvalue weighted by Crippen LogP contribution is -2.42. The molecule has 1 saturated carbocycles. The van der Waals surface area contributed by atoms with Gasteiger partial charge in [-0.05, 0) is 79.7 Å². The molecule has 1 fully saturated rings. The minimum atomic E-state index is 0.0943. The van der Waals surface area contributed by atoms with E-state index in [-0.39, 0.29) is 5.60 Å². The number of hydrogen-bond donors (Lipinski definition) is 0. The van der Waals surface area contributed by atoms with Crippen LogP contribution < -0.4 is 4.74 Å². The first-order chi connectivity index (χ1) is 8.59. The van der Waals surface area contributed by atoms with Gasteiger partial charge >= 0.3 is 0 Å². The molecule has 1 aromatic rings.